The number of ether oxygens (including phenoxy) is 3. The van der Waals surface area contributed by atoms with Crippen LogP contribution in [0.3, 0.4) is 0 Å². The molecule has 156 valence electrons. The number of benzene rings is 2. The van der Waals surface area contributed by atoms with E-state index in [-0.39, 0.29) is 19.3 Å². The summed E-state index contributed by atoms with van der Waals surface area (Å²) in [4.78, 5) is 21.4. The third-order valence-corrected chi connectivity index (χ3v) is 5.21. The predicted octanol–water partition coefficient (Wildman–Crippen LogP) is 4.06. The van der Waals surface area contributed by atoms with Gasteiger partial charge in [0, 0.05) is 17.9 Å². The summed E-state index contributed by atoms with van der Waals surface area (Å²) in [6.07, 6.45) is 0. The summed E-state index contributed by atoms with van der Waals surface area (Å²) < 4.78 is 21.4. The third kappa shape index (κ3) is 4.05. The van der Waals surface area contributed by atoms with Crippen molar-refractivity contribution in [3.05, 3.63) is 65.1 Å². The summed E-state index contributed by atoms with van der Waals surface area (Å²) in [5, 5.41) is 8.96. The fourth-order valence-electron chi connectivity index (χ4n) is 3.01. The maximum Gasteiger partial charge on any atom is 0.261 e. The van der Waals surface area contributed by atoms with Crippen molar-refractivity contribution in [2.24, 2.45) is 0 Å². The van der Waals surface area contributed by atoms with E-state index in [4.69, 9.17) is 18.7 Å². The molecule has 1 N–H and O–H groups in total. The number of hydrogen-bond acceptors (Lipinski definition) is 9. The average molecular weight is 436 g/mol. The summed E-state index contributed by atoms with van der Waals surface area (Å²) in [6.45, 7) is 2.00. The lowest BCUT2D eigenvalue weighted by Crippen LogP contribution is -2.13. The number of nitrogens with zero attached hydrogens (tertiary/aromatic N) is 3. The zero-order valence-corrected chi connectivity index (χ0v) is 17.1. The topological polar surface area (TPSA) is 109 Å². The molecule has 0 bridgehead atoms. The maximum absolute atomic E-state index is 12.8. The number of thiazole rings is 1. The second kappa shape index (κ2) is 8.07. The normalized spacial score (nSPS) is 12.0. The van der Waals surface area contributed by atoms with Crippen LogP contribution in [0.2, 0.25) is 0 Å². The van der Waals surface area contributed by atoms with Crippen LogP contribution in [0.25, 0.3) is 11.3 Å². The van der Waals surface area contributed by atoms with Crippen LogP contribution in [0.4, 0.5) is 5.13 Å². The van der Waals surface area contributed by atoms with Crippen molar-refractivity contribution in [3.63, 3.8) is 0 Å². The highest BCUT2D eigenvalue weighted by atomic mass is 32.1. The Balaban J connectivity index is 1.30. The average Bonchev–Trinajstić information content (AvgIpc) is 3.53. The Morgan fingerprint density at radius 1 is 1.16 bits per heavy atom. The Kier molecular flexibility index (Phi) is 4.97. The Labute approximate surface area is 180 Å². The SMILES string of the molecule is Cc1nc(COc2ccccc2C(=O)Nc2nc(-c3ccc4c(c3)OCO4)cs2)no1. The van der Waals surface area contributed by atoms with Gasteiger partial charge in [0.2, 0.25) is 18.5 Å². The molecule has 2 aromatic heterocycles. The van der Waals surface area contributed by atoms with Gasteiger partial charge in [0.1, 0.15) is 5.75 Å². The molecule has 0 aliphatic carbocycles. The highest BCUT2D eigenvalue weighted by molar-refractivity contribution is 7.14. The zero-order valence-electron chi connectivity index (χ0n) is 16.3. The number of nitrogens with one attached hydrogen (secondary N) is 1. The lowest BCUT2D eigenvalue weighted by Gasteiger charge is -2.09. The van der Waals surface area contributed by atoms with E-state index in [2.05, 4.69) is 20.4 Å². The van der Waals surface area contributed by atoms with Crippen LogP contribution in [0, 0.1) is 6.92 Å². The second-order valence-corrected chi connectivity index (χ2v) is 7.43. The minimum absolute atomic E-state index is 0.0904. The third-order valence-electron chi connectivity index (χ3n) is 4.45. The molecule has 0 radical (unpaired) electrons. The van der Waals surface area contributed by atoms with Gasteiger partial charge in [-0.3, -0.25) is 10.1 Å². The van der Waals surface area contributed by atoms with E-state index >= 15 is 0 Å². The number of anilines is 1. The predicted molar refractivity (Wildman–Crippen MR) is 111 cm³/mol. The lowest BCUT2D eigenvalue weighted by atomic mass is 10.1. The molecule has 31 heavy (non-hydrogen) atoms. The van der Waals surface area contributed by atoms with Crippen molar-refractivity contribution in [1.82, 2.24) is 15.1 Å². The number of carbonyl (C=O) groups is 1. The van der Waals surface area contributed by atoms with Gasteiger partial charge in [-0.1, -0.05) is 17.3 Å². The fourth-order valence-corrected chi connectivity index (χ4v) is 3.72. The number of fused-ring (bicyclic) bond motifs is 1. The largest absolute Gasteiger partial charge is 0.485 e. The van der Waals surface area contributed by atoms with Crippen molar-refractivity contribution in [2.45, 2.75) is 13.5 Å². The standard InChI is InChI=1S/C21H16N4O5S/c1-12-22-19(25-30-12)9-27-16-5-3-2-4-14(16)20(26)24-21-23-15(10-31-21)13-6-7-17-18(8-13)29-11-28-17/h2-8,10H,9,11H2,1H3,(H,23,24,26). The highest BCUT2D eigenvalue weighted by Gasteiger charge is 2.17. The summed E-state index contributed by atoms with van der Waals surface area (Å²) in [5.74, 6) is 2.33. The summed E-state index contributed by atoms with van der Waals surface area (Å²) in [6, 6.07) is 12.5. The second-order valence-electron chi connectivity index (χ2n) is 6.57. The van der Waals surface area contributed by atoms with Crippen LogP contribution in [0.1, 0.15) is 22.1 Å². The Bertz CT molecular complexity index is 1250. The molecule has 1 aliphatic heterocycles. The summed E-state index contributed by atoms with van der Waals surface area (Å²) in [7, 11) is 0. The minimum atomic E-state index is -0.327. The molecule has 0 unspecified atom stereocenters. The van der Waals surface area contributed by atoms with Gasteiger partial charge in [-0.15, -0.1) is 11.3 Å². The molecule has 0 spiro atoms. The van der Waals surface area contributed by atoms with Crippen LogP contribution >= 0.6 is 11.3 Å². The van der Waals surface area contributed by atoms with E-state index in [1.807, 2.05) is 23.6 Å². The van der Waals surface area contributed by atoms with Crippen molar-refractivity contribution in [1.29, 1.82) is 0 Å². The molecular formula is C21H16N4O5S. The van der Waals surface area contributed by atoms with E-state index in [0.717, 1.165) is 11.3 Å². The number of amides is 1. The number of aryl methyl sites for hydroxylation is 1. The minimum Gasteiger partial charge on any atom is -0.485 e. The number of hydrogen-bond donors (Lipinski definition) is 1. The Morgan fingerprint density at radius 3 is 2.90 bits per heavy atom. The first-order chi connectivity index (χ1) is 15.2. The van der Waals surface area contributed by atoms with E-state index in [1.165, 1.54) is 11.3 Å². The molecule has 0 fully saturated rings. The monoisotopic (exact) mass is 436 g/mol. The zero-order chi connectivity index (χ0) is 21.2. The van der Waals surface area contributed by atoms with Gasteiger partial charge in [-0.2, -0.15) is 4.98 Å². The number of rotatable bonds is 6. The number of aromatic nitrogens is 3. The van der Waals surface area contributed by atoms with Crippen molar-refractivity contribution >= 4 is 22.4 Å². The van der Waals surface area contributed by atoms with Crippen molar-refractivity contribution < 1.29 is 23.5 Å². The van der Waals surface area contributed by atoms with E-state index in [1.54, 1.807) is 31.2 Å². The summed E-state index contributed by atoms with van der Waals surface area (Å²) in [5.41, 5.74) is 1.98. The molecule has 1 amide bonds. The smallest absolute Gasteiger partial charge is 0.261 e. The van der Waals surface area contributed by atoms with Crippen LogP contribution in [0.15, 0.2) is 52.4 Å². The molecule has 3 heterocycles. The van der Waals surface area contributed by atoms with Crippen LogP contribution in [-0.2, 0) is 6.61 Å². The van der Waals surface area contributed by atoms with Gasteiger partial charge in [0.25, 0.3) is 5.91 Å². The fraction of sp³-hybridized carbons (Fsp3) is 0.143. The number of para-hydroxylation sites is 1. The van der Waals surface area contributed by atoms with E-state index in [9.17, 15) is 4.79 Å². The first-order valence-corrected chi connectivity index (χ1v) is 10.2. The van der Waals surface area contributed by atoms with Gasteiger partial charge in [-0.25, -0.2) is 4.98 Å². The molecule has 0 saturated carbocycles. The van der Waals surface area contributed by atoms with Crippen molar-refractivity contribution in [3.8, 4) is 28.5 Å². The van der Waals surface area contributed by atoms with Crippen LogP contribution in [-0.4, -0.2) is 27.8 Å². The highest BCUT2D eigenvalue weighted by Crippen LogP contribution is 2.36. The van der Waals surface area contributed by atoms with Crippen molar-refractivity contribution in [2.75, 3.05) is 12.1 Å². The first kappa shape index (κ1) is 19.1. The van der Waals surface area contributed by atoms with Gasteiger partial charge in [0.15, 0.2) is 23.2 Å². The van der Waals surface area contributed by atoms with Gasteiger partial charge in [0.05, 0.1) is 11.3 Å². The molecule has 0 saturated heterocycles. The Morgan fingerprint density at radius 2 is 2.03 bits per heavy atom. The molecule has 0 atom stereocenters. The van der Waals surface area contributed by atoms with Gasteiger partial charge in [-0.05, 0) is 30.3 Å². The Hall–Kier alpha value is -3.92. The lowest BCUT2D eigenvalue weighted by molar-refractivity contribution is 0.102. The quantitative estimate of drug-likeness (QED) is 0.482. The van der Waals surface area contributed by atoms with Crippen LogP contribution < -0.4 is 19.5 Å². The van der Waals surface area contributed by atoms with Crippen LogP contribution in [0.5, 0.6) is 17.2 Å². The molecular weight excluding hydrogens is 420 g/mol. The molecule has 2 aromatic carbocycles. The van der Waals surface area contributed by atoms with Gasteiger partial charge >= 0.3 is 0 Å². The molecule has 10 heteroatoms. The number of carbonyl (C=O) groups excluding carboxylic acids is 1. The first-order valence-electron chi connectivity index (χ1n) is 9.33. The molecule has 4 aromatic rings. The molecule has 9 nitrogen and oxygen atoms in total. The molecule has 1 aliphatic rings. The summed E-state index contributed by atoms with van der Waals surface area (Å²) >= 11 is 1.33. The van der Waals surface area contributed by atoms with E-state index < -0.39 is 0 Å². The maximum atomic E-state index is 12.8. The van der Waals surface area contributed by atoms with Gasteiger partial charge < -0.3 is 18.7 Å². The molecule has 5 rings (SSSR count). The van der Waals surface area contributed by atoms with E-state index in [0.29, 0.717) is 39.7 Å².